The largest absolute Gasteiger partial charge is 0.480 e. The molecule has 0 aliphatic heterocycles. The highest BCUT2D eigenvalue weighted by atomic mass is 16.5. The number of hydrogen-bond donors (Lipinski definition) is 3. The van der Waals surface area contributed by atoms with Gasteiger partial charge >= 0.3 is 12.1 Å². The van der Waals surface area contributed by atoms with Crippen molar-refractivity contribution in [2.24, 2.45) is 5.41 Å². The molecule has 0 radical (unpaired) electrons. The molecule has 0 fully saturated rings. The van der Waals surface area contributed by atoms with E-state index in [1.165, 1.54) is 0 Å². The Hall–Kier alpha value is -3.61. The molecule has 1 aliphatic carbocycles. The SMILES string of the molecule is C=CCCC(NC(=O)C(C)(C)CNC(=O)OCC1c2ccccc2-c2ccccc21)C(=O)O. The van der Waals surface area contributed by atoms with Crippen molar-refractivity contribution in [3.8, 4) is 11.1 Å². The second kappa shape index (κ2) is 10.3. The molecule has 7 heteroatoms. The lowest BCUT2D eigenvalue weighted by atomic mass is 9.91. The zero-order valence-electron chi connectivity index (χ0n) is 19.0. The number of carboxylic acids is 1. The molecule has 1 atom stereocenters. The van der Waals surface area contributed by atoms with E-state index in [1.54, 1.807) is 19.9 Å². The number of hydrogen-bond acceptors (Lipinski definition) is 4. The summed E-state index contributed by atoms with van der Waals surface area (Å²) in [5.74, 6) is -1.62. The zero-order chi connectivity index (χ0) is 24.0. The van der Waals surface area contributed by atoms with E-state index in [1.807, 2.05) is 36.4 Å². The van der Waals surface area contributed by atoms with Crippen molar-refractivity contribution < 1.29 is 24.2 Å². The van der Waals surface area contributed by atoms with Gasteiger partial charge in [0, 0.05) is 12.5 Å². The maximum atomic E-state index is 12.6. The lowest BCUT2D eigenvalue weighted by Crippen LogP contribution is -2.50. The van der Waals surface area contributed by atoms with Crippen molar-refractivity contribution in [1.82, 2.24) is 10.6 Å². The van der Waals surface area contributed by atoms with Gasteiger partial charge in [-0.25, -0.2) is 9.59 Å². The van der Waals surface area contributed by atoms with Crippen LogP contribution >= 0.6 is 0 Å². The maximum Gasteiger partial charge on any atom is 0.407 e. The van der Waals surface area contributed by atoms with Crippen LogP contribution in [0.2, 0.25) is 0 Å². The van der Waals surface area contributed by atoms with Gasteiger partial charge in [0.15, 0.2) is 0 Å². The summed E-state index contributed by atoms with van der Waals surface area (Å²) in [4.78, 5) is 36.4. The van der Waals surface area contributed by atoms with Gasteiger partial charge in [0.1, 0.15) is 12.6 Å². The first-order valence-corrected chi connectivity index (χ1v) is 11.0. The molecule has 0 saturated carbocycles. The van der Waals surface area contributed by atoms with Gasteiger partial charge in [-0.2, -0.15) is 0 Å². The van der Waals surface area contributed by atoms with E-state index in [0.29, 0.717) is 6.42 Å². The quantitative estimate of drug-likeness (QED) is 0.473. The van der Waals surface area contributed by atoms with Crippen LogP contribution in [0.25, 0.3) is 11.1 Å². The third-order valence-electron chi connectivity index (χ3n) is 5.90. The van der Waals surface area contributed by atoms with Crippen LogP contribution in [0.15, 0.2) is 61.2 Å². The van der Waals surface area contributed by atoms with E-state index in [4.69, 9.17) is 4.74 Å². The van der Waals surface area contributed by atoms with Crippen molar-refractivity contribution in [3.63, 3.8) is 0 Å². The number of alkyl carbamates (subject to hydrolysis) is 1. The van der Waals surface area contributed by atoms with Crippen LogP contribution in [0.5, 0.6) is 0 Å². The summed E-state index contributed by atoms with van der Waals surface area (Å²) in [5, 5.41) is 14.5. The van der Waals surface area contributed by atoms with Crippen LogP contribution < -0.4 is 10.6 Å². The topological polar surface area (TPSA) is 105 Å². The second-order valence-electron chi connectivity index (χ2n) is 8.79. The third kappa shape index (κ3) is 5.61. The van der Waals surface area contributed by atoms with Crippen molar-refractivity contribution in [3.05, 3.63) is 72.3 Å². The van der Waals surface area contributed by atoms with E-state index in [-0.39, 0.29) is 25.5 Å². The summed E-state index contributed by atoms with van der Waals surface area (Å²) in [7, 11) is 0. The molecule has 0 spiro atoms. The number of amides is 2. The Bertz CT molecular complexity index is 1000. The Balaban J connectivity index is 1.55. The first-order chi connectivity index (χ1) is 15.7. The Labute approximate surface area is 193 Å². The van der Waals surface area contributed by atoms with E-state index < -0.39 is 29.4 Å². The van der Waals surface area contributed by atoms with Crippen LogP contribution in [0.4, 0.5) is 4.79 Å². The lowest BCUT2D eigenvalue weighted by Gasteiger charge is -2.26. The number of carbonyl (C=O) groups excluding carboxylic acids is 2. The molecule has 2 amide bonds. The standard InChI is InChI=1S/C26H30N2O5/c1-4-5-14-22(23(29)30)28-24(31)26(2,3)16-27-25(32)33-15-21-19-12-8-6-10-17(19)18-11-7-9-13-20(18)21/h4,6-13,21-22H,1,5,14-16H2,2-3H3,(H,27,32)(H,28,31)(H,29,30). The van der Waals surface area contributed by atoms with Crippen molar-refractivity contribution in [1.29, 1.82) is 0 Å². The molecule has 0 aromatic heterocycles. The van der Waals surface area contributed by atoms with Gasteiger partial charge in [-0.15, -0.1) is 6.58 Å². The predicted octanol–water partition coefficient (Wildman–Crippen LogP) is 4.09. The van der Waals surface area contributed by atoms with E-state index >= 15 is 0 Å². The number of carbonyl (C=O) groups is 3. The lowest BCUT2D eigenvalue weighted by molar-refractivity contribution is -0.143. The van der Waals surface area contributed by atoms with Crippen LogP contribution in [-0.2, 0) is 14.3 Å². The summed E-state index contributed by atoms with van der Waals surface area (Å²) in [6, 6.07) is 15.1. The zero-order valence-corrected chi connectivity index (χ0v) is 19.0. The van der Waals surface area contributed by atoms with E-state index in [9.17, 15) is 19.5 Å². The number of aliphatic carboxylic acids is 1. The summed E-state index contributed by atoms with van der Waals surface area (Å²) in [6.45, 7) is 7.03. The number of benzene rings is 2. The van der Waals surface area contributed by atoms with Crippen LogP contribution in [-0.4, -0.2) is 42.3 Å². The van der Waals surface area contributed by atoms with Gasteiger partial charge in [-0.05, 0) is 48.9 Å². The number of fused-ring (bicyclic) bond motifs is 3. The summed E-state index contributed by atoms with van der Waals surface area (Å²) in [5.41, 5.74) is 3.50. The Morgan fingerprint density at radius 3 is 2.21 bits per heavy atom. The number of rotatable bonds is 10. The summed E-state index contributed by atoms with van der Waals surface area (Å²) < 4.78 is 5.50. The highest BCUT2D eigenvalue weighted by Gasteiger charge is 2.32. The Morgan fingerprint density at radius 2 is 1.67 bits per heavy atom. The van der Waals surface area contributed by atoms with Crippen molar-refractivity contribution >= 4 is 18.0 Å². The molecule has 1 aliphatic rings. The fraction of sp³-hybridized carbons (Fsp3) is 0.346. The molecule has 2 aromatic rings. The van der Waals surface area contributed by atoms with Crippen LogP contribution in [0.3, 0.4) is 0 Å². The molecule has 2 aromatic carbocycles. The summed E-state index contributed by atoms with van der Waals surface area (Å²) in [6.07, 6.45) is 1.70. The molecule has 3 rings (SSSR count). The normalized spacial score (nSPS) is 13.4. The Kier molecular flexibility index (Phi) is 7.53. The number of ether oxygens (including phenoxy) is 1. The van der Waals surface area contributed by atoms with E-state index in [2.05, 4.69) is 29.3 Å². The van der Waals surface area contributed by atoms with Crippen molar-refractivity contribution in [2.45, 2.75) is 38.6 Å². The average molecular weight is 451 g/mol. The molecule has 0 saturated heterocycles. The van der Waals surface area contributed by atoms with Crippen molar-refractivity contribution in [2.75, 3.05) is 13.2 Å². The molecule has 1 unspecified atom stereocenters. The Morgan fingerprint density at radius 1 is 1.09 bits per heavy atom. The number of carboxylic acid groups (broad SMARTS) is 1. The minimum atomic E-state index is -1.11. The smallest absolute Gasteiger partial charge is 0.407 e. The molecule has 0 bridgehead atoms. The molecular weight excluding hydrogens is 420 g/mol. The molecule has 7 nitrogen and oxygen atoms in total. The van der Waals surface area contributed by atoms with E-state index in [0.717, 1.165) is 22.3 Å². The minimum absolute atomic E-state index is 0.00328. The van der Waals surface area contributed by atoms with Gasteiger partial charge in [0.05, 0.1) is 5.41 Å². The molecule has 0 heterocycles. The van der Waals surface area contributed by atoms with Gasteiger partial charge < -0.3 is 20.5 Å². The third-order valence-corrected chi connectivity index (χ3v) is 5.90. The van der Waals surface area contributed by atoms with Gasteiger partial charge in [0.25, 0.3) is 0 Å². The second-order valence-corrected chi connectivity index (χ2v) is 8.79. The van der Waals surface area contributed by atoms with Gasteiger partial charge in [0.2, 0.25) is 5.91 Å². The van der Waals surface area contributed by atoms with Crippen LogP contribution in [0.1, 0.15) is 43.7 Å². The first kappa shape index (κ1) is 24.0. The highest BCUT2D eigenvalue weighted by Crippen LogP contribution is 2.44. The number of allylic oxidation sites excluding steroid dienone is 1. The monoisotopic (exact) mass is 450 g/mol. The fourth-order valence-corrected chi connectivity index (χ4v) is 3.92. The molecule has 33 heavy (non-hydrogen) atoms. The van der Waals surface area contributed by atoms with Crippen LogP contribution in [0, 0.1) is 5.41 Å². The molecule has 174 valence electrons. The minimum Gasteiger partial charge on any atom is -0.480 e. The summed E-state index contributed by atoms with van der Waals surface area (Å²) >= 11 is 0. The number of nitrogens with one attached hydrogen (secondary N) is 2. The molecule has 3 N–H and O–H groups in total. The highest BCUT2D eigenvalue weighted by molar-refractivity contribution is 5.87. The average Bonchev–Trinajstić information content (AvgIpc) is 3.12. The van der Waals surface area contributed by atoms with Gasteiger partial charge in [-0.1, -0.05) is 54.6 Å². The maximum absolute atomic E-state index is 12.6. The predicted molar refractivity (Wildman–Crippen MR) is 126 cm³/mol. The van der Waals surface area contributed by atoms with Gasteiger partial charge in [-0.3, -0.25) is 4.79 Å². The molecular formula is C26H30N2O5. The first-order valence-electron chi connectivity index (χ1n) is 11.0. The fourth-order valence-electron chi connectivity index (χ4n) is 3.92.